The standard InChI is InChI=1S/C34H52O/c1-3-5-7-27-10-16-30(17-11-27)31-18-12-28(13-19-31)8-9-29-14-20-32(21-15-29)33-22-24-34(25-23-33)35-26-6-4-2/h5,7-9,22-25,27-32H,3-4,6,10-21,26H2,1-2H3/b7-5+,9-8+. The Kier molecular flexibility index (Phi) is 10.8. The Bertz CT molecular complexity index is 750. The van der Waals surface area contributed by atoms with E-state index in [0.717, 1.165) is 54.3 Å². The maximum atomic E-state index is 5.84. The van der Waals surface area contributed by atoms with Gasteiger partial charge in [0.15, 0.2) is 0 Å². The zero-order valence-corrected chi connectivity index (χ0v) is 22.8. The summed E-state index contributed by atoms with van der Waals surface area (Å²) < 4.78 is 5.84. The SMILES string of the molecule is CC/C=C/C1CCC(C2CCC(/C=C/C3CCC(c4ccc(OCCCC)cc4)CC3)CC2)CC1. The van der Waals surface area contributed by atoms with Gasteiger partial charge in [-0.1, -0.05) is 56.7 Å². The van der Waals surface area contributed by atoms with E-state index in [1.165, 1.54) is 95.5 Å². The minimum absolute atomic E-state index is 0.743. The molecule has 0 bridgehead atoms. The maximum absolute atomic E-state index is 5.84. The third-order valence-corrected chi connectivity index (χ3v) is 9.49. The second-order valence-corrected chi connectivity index (χ2v) is 12.0. The molecule has 3 aliphatic rings. The van der Waals surface area contributed by atoms with Crippen molar-refractivity contribution in [3.8, 4) is 5.75 Å². The summed E-state index contributed by atoms with van der Waals surface area (Å²) in [6.45, 7) is 5.31. The smallest absolute Gasteiger partial charge is 0.119 e. The third kappa shape index (κ3) is 8.26. The molecule has 0 radical (unpaired) electrons. The topological polar surface area (TPSA) is 9.23 Å². The summed E-state index contributed by atoms with van der Waals surface area (Å²) >= 11 is 0. The van der Waals surface area contributed by atoms with Gasteiger partial charge in [0.1, 0.15) is 5.75 Å². The van der Waals surface area contributed by atoms with Gasteiger partial charge < -0.3 is 4.74 Å². The van der Waals surface area contributed by atoms with E-state index in [1.807, 2.05) is 0 Å². The number of unbranched alkanes of at least 4 members (excludes halogenated alkanes) is 1. The van der Waals surface area contributed by atoms with Crippen LogP contribution in [-0.4, -0.2) is 6.61 Å². The lowest BCUT2D eigenvalue weighted by Crippen LogP contribution is -2.25. The van der Waals surface area contributed by atoms with Crippen molar-refractivity contribution in [3.05, 3.63) is 54.1 Å². The number of allylic oxidation sites excluding steroid dienone is 4. The average Bonchev–Trinajstić information content (AvgIpc) is 2.92. The Morgan fingerprint density at radius 1 is 0.657 bits per heavy atom. The monoisotopic (exact) mass is 476 g/mol. The number of rotatable bonds is 10. The third-order valence-electron chi connectivity index (χ3n) is 9.49. The highest BCUT2D eigenvalue weighted by Crippen LogP contribution is 2.42. The number of ether oxygens (including phenoxy) is 1. The Hall–Kier alpha value is -1.50. The van der Waals surface area contributed by atoms with Gasteiger partial charge in [-0.25, -0.2) is 0 Å². The molecule has 3 saturated carbocycles. The lowest BCUT2D eigenvalue weighted by atomic mass is 9.69. The van der Waals surface area contributed by atoms with Gasteiger partial charge in [0, 0.05) is 0 Å². The second kappa shape index (κ2) is 14.3. The van der Waals surface area contributed by atoms with Crippen LogP contribution in [-0.2, 0) is 0 Å². The Morgan fingerprint density at radius 3 is 1.69 bits per heavy atom. The van der Waals surface area contributed by atoms with E-state index in [4.69, 9.17) is 4.74 Å². The molecular weight excluding hydrogens is 424 g/mol. The molecule has 1 heteroatoms. The van der Waals surface area contributed by atoms with Crippen LogP contribution in [0, 0.1) is 29.6 Å². The van der Waals surface area contributed by atoms with E-state index in [0.29, 0.717) is 0 Å². The summed E-state index contributed by atoms with van der Waals surface area (Å²) in [6.07, 6.45) is 30.8. The zero-order chi connectivity index (χ0) is 24.3. The number of hydrogen-bond acceptors (Lipinski definition) is 1. The van der Waals surface area contributed by atoms with Crippen LogP contribution in [0.1, 0.15) is 122 Å². The summed E-state index contributed by atoms with van der Waals surface area (Å²) in [5.74, 6) is 6.37. The maximum Gasteiger partial charge on any atom is 0.119 e. The molecule has 0 atom stereocenters. The molecule has 0 N–H and O–H groups in total. The molecule has 0 heterocycles. The lowest BCUT2D eigenvalue weighted by Gasteiger charge is -2.37. The van der Waals surface area contributed by atoms with Crippen LogP contribution in [0.3, 0.4) is 0 Å². The van der Waals surface area contributed by atoms with E-state index in [-0.39, 0.29) is 0 Å². The largest absolute Gasteiger partial charge is 0.494 e. The van der Waals surface area contributed by atoms with Crippen LogP contribution < -0.4 is 4.74 Å². The summed E-state index contributed by atoms with van der Waals surface area (Å²) in [5.41, 5.74) is 1.52. The summed E-state index contributed by atoms with van der Waals surface area (Å²) in [7, 11) is 0. The van der Waals surface area contributed by atoms with E-state index in [9.17, 15) is 0 Å². The van der Waals surface area contributed by atoms with Crippen LogP contribution in [0.25, 0.3) is 0 Å². The highest BCUT2D eigenvalue weighted by Gasteiger charge is 2.30. The van der Waals surface area contributed by atoms with Gasteiger partial charge in [0.05, 0.1) is 6.61 Å². The molecule has 0 aromatic heterocycles. The van der Waals surface area contributed by atoms with Crippen molar-refractivity contribution >= 4 is 0 Å². The van der Waals surface area contributed by atoms with Crippen molar-refractivity contribution in [1.82, 2.24) is 0 Å². The van der Waals surface area contributed by atoms with Gasteiger partial charge in [-0.15, -0.1) is 0 Å². The quantitative estimate of drug-likeness (QED) is 0.241. The summed E-state index contributed by atoms with van der Waals surface area (Å²) in [4.78, 5) is 0. The normalized spacial score (nSPS) is 32.3. The molecule has 35 heavy (non-hydrogen) atoms. The molecule has 1 aromatic carbocycles. The predicted octanol–water partition coefficient (Wildman–Crippen LogP) is 10.3. The fourth-order valence-electron chi connectivity index (χ4n) is 7.08. The van der Waals surface area contributed by atoms with Crippen molar-refractivity contribution in [2.24, 2.45) is 29.6 Å². The van der Waals surface area contributed by atoms with Crippen molar-refractivity contribution < 1.29 is 4.74 Å². The highest BCUT2D eigenvalue weighted by molar-refractivity contribution is 5.29. The van der Waals surface area contributed by atoms with Crippen LogP contribution in [0.15, 0.2) is 48.6 Å². The van der Waals surface area contributed by atoms with Gasteiger partial charge in [0.2, 0.25) is 0 Å². The van der Waals surface area contributed by atoms with Crippen LogP contribution in [0.5, 0.6) is 5.75 Å². The summed E-state index contributed by atoms with van der Waals surface area (Å²) in [5, 5.41) is 0. The Labute approximate surface area is 216 Å². The fraction of sp³-hybridized carbons (Fsp3) is 0.706. The molecule has 1 aromatic rings. The molecule has 3 aliphatic carbocycles. The van der Waals surface area contributed by atoms with Crippen LogP contribution >= 0.6 is 0 Å². The minimum Gasteiger partial charge on any atom is -0.494 e. The van der Waals surface area contributed by atoms with Crippen LogP contribution in [0.4, 0.5) is 0 Å². The fourth-order valence-corrected chi connectivity index (χ4v) is 7.08. The molecule has 4 rings (SSSR count). The average molecular weight is 477 g/mol. The first-order valence-electron chi connectivity index (χ1n) is 15.3. The van der Waals surface area contributed by atoms with Crippen molar-refractivity contribution in [3.63, 3.8) is 0 Å². The Morgan fingerprint density at radius 2 is 1.17 bits per heavy atom. The van der Waals surface area contributed by atoms with Crippen molar-refractivity contribution in [2.75, 3.05) is 6.61 Å². The lowest BCUT2D eigenvalue weighted by molar-refractivity contribution is 0.166. The van der Waals surface area contributed by atoms with E-state index < -0.39 is 0 Å². The predicted molar refractivity (Wildman–Crippen MR) is 151 cm³/mol. The van der Waals surface area contributed by atoms with E-state index in [2.05, 4.69) is 62.4 Å². The molecule has 194 valence electrons. The van der Waals surface area contributed by atoms with Crippen molar-refractivity contribution in [2.45, 2.75) is 116 Å². The highest BCUT2D eigenvalue weighted by atomic mass is 16.5. The van der Waals surface area contributed by atoms with E-state index >= 15 is 0 Å². The van der Waals surface area contributed by atoms with Gasteiger partial charge >= 0.3 is 0 Å². The first kappa shape index (κ1) is 26.6. The minimum atomic E-state index is 0.743. The molecule has 0 unspecified atom stereocenters. The zero-order valence-electron chi connectivity index (χ0n) is 22.8. The van der Waals surface area contributed by atoms with Gasteiger partial charge in [-0.3, -0.25) is 0 Å². The van der Waals surface area contributed by atoms with Gasteiger partial charge in [-0.2, -0.15) is 0 Å². The molecule has 0 saturated heterocycles. The second-order valence-electron chi connectivity index (χ2n) is 12.0. The molecule has 0 amide bonds. The first-order valence-corrected chi connectivity index (χ1v) is 15.3. The number of benzene rings is 1. The van der Waals surface area contributed by atoms with Gasteiger partial charge in [0.25, 0.3) is 0 Å². The molecule has 1 nitrogen and oxygen atoms in total. The summed E-state index contributed by atoms with van der Waals surface area (Å²) in [6, 6.07) is 8.99. The molecule has 3 fully saturated rings. The van der Waals surface area contributed by atoms with Crippen molar-refractivity contribution in [1.29, 1.82) is 0 Å². The molecule has 0 aliphatic heterocycles. The molecular formula is C34H52O. The van der Waals surface area contributed by atoms with Crippen LogP contribution in [0.2, 0.25) is 0 Å². The van der Waals surface area contributed by atoms with Gasteiger partial charge in [-0.05, 0) is 143 Å². The Balaban J connectivity index is 1.13. The number of hydrogen-bond donors (Lipinski definition) is 0. The molecule has 0 spiro atoms. The van der Waals surface area contributed by atoms with E-state index in [1.54, 1.807) is 0 Å². The first-order chi connectivity index (χ1) is 17.2.